The Kier molecular flexibility index (Phi) is 3.53. The Balaban J connectivity index is 3.06. The van der Waals surface area contributed by atoms with Crippen molar-refractivity contribution in [3.8, 4) is 5.75 Å². The second-order valence-electron chi connectivity index (χ2n) is 2.23. The molecule has 0 aliphatic rings. The van der Waals surface area contributed by atoms with Crippen molar-refractivity contribution in [2.75, 3.05) is 7.11 Å². The van der Waals surface area contributed by atoms with E-state index in [9.17, 15) is 4.39 Å². The monoisotopic (exact) mass is 296 g/mol. The molecule has 0 amide bonds. The third-order valence-corrected chi connectivity index (χ3v) is 2.44. The quantitative estimate of drug-likeness (QED) is 0.758. The average Bonchev–Trinajstić information content (AvgIpc) is 2.03. The van der Waals surface area contributed by atoms with Crippen LogP contribution >= 0.6 is 31.9 Å². The van der Waals surface area contributed by atoms with Crippen LogP contribution in [0.2, 0.25) is 0 Å². The van der Waals surface area contributed by atoms with Crippen LogP contribution in [-0.2, 0) is 0 Å². The van der Waals surface area contributed by atoms with E-state index in [0.717, 1.165) is 5.56 Å². The molecule has 1 aromatic carbocycles. The fourth-order valence-electron chi connectivity index (χ4n) is 0.828. The van der Waals surface area contributed by atoms with Crippen LogP contribution in [0.15, 0.2) is 18.2 Å². The molecular formula is C8H7Br2FO. The van der Waals surface area contributed by atoms with Gasteiger partial charge >= 0.3 is 0 Å². The lowest BCUT2D eigenvalue weighted by Gasteiger charge is -2.05. The Morgan fingerprint density at radius 1 is 1.33 bits per heavy atom. The highest BCUT2D eigenvalue weighted by atomic mass is 79.9. The summed E-state index contributed by atoms with van der Waals surface area (Å²) in [6.45, 7) is 0. The van der Waals surface area contributed by atoms with E-state index in [0.29, 0.717) is 5.75 Å². The van der Waals surface area contributed by atoms with Gasteiger partial charge in [0.25, 0.3) is 0 Å². The van der Waals surface area contributed by atoms with Crippen LogP contribution in [0, 0.1) is 5.82 Å². The second kappa shape index (κ2) is 4.23. The molecule has 0 aliphatic heterocycles. The summed E-state index contributed by atoms with van der Waals surface area (Å²) >= 11 is 6.55. The zero-order chi connectivity index (χ0) is 9.14. The summed E-state index contributed by atoms with van der Waals surface area (Å²) in [4.78, 5) is 0. The lowest BCUT2D eigenvalue weighted by Crippen LogP contribution is -1.88. The van der Waals surface area contributed by atoms with Crippen LogP contribution in [0.4, 0.5) is 4.39 Å². The second-order valence-corrected chi connectivity index (χ2v) is 5.29. The molecule has 0 bridgehead atoms. The van der Waals surface area contributed by atoms with Gasteiger partial charge in [-0.3, -0.25) is 0 Å². The predicted octanol–water partition coefficient (Wildman–Crippen LogP) is 3.62. The molecule has 1 rings (SSSR count). The van der Waals surface area contributed by atoms with E-state index in [1.807, 2.05) is 0 Å². The molecule has 12 heavy (non-hydrogen) atoms. The first kappa shape index (κ1) is 9.99. The van der Waals surface area contributed by atoms with E-state index in [-0.39, 0.29) is 9.55 Å². The summed E-state index contributed by atoms with van der Waals surface area (Å²) in [5.41, 5.74) is 0.798. The molecule has 0 saturated carbocycles. The maximum Gasteiger partial charge on any atom is 0.127 e. The lowest BCUT2D eigenvalue weighted by atomic mass is 10.2. The molecule has 0 heterocycles. The molecule has 0 fully saturated rings. The van der Waals surface area contributed by atoms with Crippen molar-refractivity contribution >= 4 is 31.9 Å². The number of methoxy groups -OCH3 is 1. The number of ether oxygens (including phenoxy) is 1. The number of halogens is 3. The minimum Gasteiger partial charge on any atom is -0.497 e. The van der Waals surface area contributed by atoms with Crippen molar-refractivity contribution in [2.45, 2.75) is 3.74 Å². The molecule has 1 aromatic rings. The summed E-state index contributed by atoms with van der Waals surface area (Å²) in [5.74, 6) is 0.224. The highest BCUT2D eigenvalue weighted by molar-refractivity contribution is 9.24. The molecule has 4 heteroatoms. The van der Waals surface area contributed by atoms with Crippen LogP contribution in [-0.4, -0.2) is 7.11 Å². The largest absolute Gasteiger partial charge is 0.497 e. The number of alkyl halides is 2. The fourth-order valence-corrected chi connectivity index (χ4v) is 1.36. The Morgan fingerprint density at radius 3 is 2.50 bits per heavy atom. The summed E-state index contributed by atoms with van der Waals surface area (Å²) in [6, 6.07) is 4.54. The van der Waals surface area contributed by atoms with E-state index in [2.05, 4.69) is 31.9 Å². The SMILES string of the molecule is COc1cc(F)cc(C(Br)Br)c1. The van der Waals surface area contributed by atoms with Gasteiger partial charge in [0.15, 0.2) is 0 Å². The van der Waals surface area contributed by atoms with E-state index in [1.54, 1.807) is 6.07 Å². The Hall–Kier alpha value is -0.0900. The lowest BCUT2D eigenvalue weighted by molar-refractivity contribution is 0.411. The molecule has 0 radical (unpaired) electrons. The van der Waals surface area contributed by atoms with Crippen molar-refractivity contribution in [1.29, 1.82) is 0 Å². The Morgan fingerprint density at radius 2 is 2.00 bits per heavy atom. The van der Waals surface area contributed by atoms with Crippen LogP contribution < -0.4 is 4.74 Å². The summed E-state index contributed by atoms with van der Waals surface area (Å²) in [6.07, 6.45) is 0. The van der Waals surface area contributed by atoms with Gasteiger partial charge in [-0.25, -0.2) is 4.39 Å². The normalized spacial score (nSPS) is 10.4. The molecule has 0 saturated heterocycles. The van der Waals surface area contributed by atoms with Gasteiger partial charge in [0.1, 0.15) is 11.6 Å². The molecule has 0 aromatic heterocycles. The molecule has 0 N–H and O–H groups in total. The predicted molar refractivity (Wildman–Crippen MR) is 53.5 cm³/mol. The summed E-state index contributed by atoms with van der Waals surface area (Å²) in [7, 11) is 1.51. The van der Waals surface area contributed by atoms with Crippen LogP contribution in [0.25, 0.3) is 0 Å². The highest BCUT2D eigenvalue weighted by Crippen LogP contribution is 2.31. The van der Waals surface area contributed by atoms with Gasteiger partial charge in [0, 0.05) is 6.07 Å². The topological polar surface area (TPSA) is 9.23 Å². The first-order valence-corrected chi connectivity index (χ1v) is 5.09. The zero-order valence-electron chi connectivity index (χ0n) is 6.35. The van der Waals surface area contributed by atoms with Gasteiger partial charge in [0.2, 0.25) is 0 Å². The van der Waals surface area contributed by atoms with Crippen molar-refractivity contribution < 1.29 is 9.13 Å². The summed E-state index contributed by atoms with van der Waals surface area (Å²) < 4.78 is 17.7. The molecule has 1 nitrogen and oxygen atoms in total. The third kappa shape index (κ3) is 2.45. The van der Waals surface area contributed by atoms with Crippen molar-refractivity contribution in [3.05, 3.63) is 29.6 Å². The first-order valence-electron chi connectivity index (χ1n) is 3.26. The zero-order valence-corrected chi connectivity index (χ0v) is 9.52. The van der Waals surface area contributed by atoms with Gasteiger partial charge in [-0.2, -0.15) is 0 Å². The smallest absolute Gasteiger partial charge is 0.127 e. The van der Waals surface area contributed by atoms with Crippen molar-refractivity contribution in [2.24, 2.45) is 0 Å². The fraction of sp³-hybridized carbons (Fsp3) is 0.250. The van der Waals surface area contributed by atoms with Crippen molar-refractivity contribution in [3.63, 3.8) is 0 Å². The van der Waals surface area contributed by atoms with Gasteiger partial charge in [-0.15, -0.1) is 0 Å². The Bertz CT molecular complexity index is 276. The van der Waals surface area contributed by atoms with Gasteiger partial charge in [-0.05, 0) is 17.7 Å². The molecule has 0 unspecified atom stereocenters. The van der Waals surface area contributed by atoms with E-state index in [1.165, 1.54) is 19.2 Å². The first-order chi connectivity index (χ1) is 5.63. The van der Waals surface area contributed by atoms with Crippen LogP contribution in [0.5, 0.6) is 5.75 Å². The number of rotatable bonds is 2. The molecular weight excluding hydrogens is 291 g/mol. The minimum atomic E-state index is -0.298. The maximum atomic E-state index is 12.9. The van der Waals surface area contributed by atoms with Gasteiger partial charge < -0.3 is 4.74 Å². The van der Waals surface area contributed by atoms with Crippen LogP contribution in [0.1, 0.15) is 9.30 Å². The van der Waals surface area contributed by atoms with E-state index >= 15 is 0 Å². The van der Waals surface area contributed by atoms with Gasteiger partial charge in [-0.1, -0.05) is 31.9 Å². The number of hydrogen-bond donors (Lipinski definition) is 0. The summed E-state index contributed by atoms with van der Waals surface area (Å²) in [5, 5.41) is 0. The molecule has 0 spiro atoms. The third-order valence-electron chi connectivity index (χ3n) is 1.38. The van der Waals surface area contributed by atoms with Crippen LogP contribution in [0.3, 0.4) is 0 Å². The Labute approximate surface area is 87.2 Å². The van der Waals surface area contributed by atoms with Gasteiger partial charge in [0.05, 0.1) is 10.8 Å². The van der Waals surface area contributed by atoms with Crippen molar-refractivity contribution in [1.82, 2.24) is 0 Å². The molecule has 0 atom stereocenters. The molecule has 66 valence electrons. The standard InChI is InChI=1S/C8H7Br2FO/c1-12-7-3-5(8(9)10)2-6(11)4-7/h2-4,8H,1H3. The maximum absolute atomic E-state index is 12.9. The highest BCUT2D eigenvalue weighted by Gasteiger charge is 2.06. The van der Waals surface area contributed by atoms with E-state index < -0.39 is 0 Å². The minimum absolute atomic E-state index is 0.0467. The molecule has 0 aliphatic carbocycles. The average molecular weight is 298 g/mol. The number of benzene rings is 1. The van der Waals surface area contributed by atoms with E-state index in [4.69, 9.17) is 4.74 Å². The number of hydrogen-bond acceptors (Lipinski definition) is 1.